The molecule has 1 unspecified atom stereocenters. The molecule has 0 radical (unpaired) electrons. The van der Waals surface area contributed by atoms with E-state index in [2.05, 4.69) is 10.6 Å². The van der Waals surface area contributed by atoms with Crippen LogP contribution in [0, 0.1) is 5.82 Å². The Hall–Kier alpha value is -2.24. The second kappa shape index (κ2) is 6.34. The summed E-state index contributed by atoms with van der Waals surface area (Å²) in [6, 6.07) is 12.3. The molecular formula is C19H20FN3O. The summed E-state index contributed by atoms with van der Waals surface area (Å²) in [5.41, 5.74) is 3.99. The number of nitrogens with one attached hydrogen (secondary N) is 2. The van der Waals surface area contributed by atoms with Crippen molar-refractivity contribution in [3.8, 4) is 0 Å². The van der Waals surface area contributed by atoms with Crippen LogP contribution in [0.3, 0.4) is 0 Å². The molecule has 2 N–H and O–H groups in total. The zero-order valence-corrected chi connectivity index (χ0v) is 13.4. The van der Waals surface area contributed by atoms with Crippen molar-refractivity contribution in [3.63, 3.8) is 0 Å². The van der Waals surface area contributed by atoms with Gasteiger partial charge in [0.1, 0.15) is 5.82 Å². The normalized spacial score (nSPS) is 20.0. The Morgan fingerprint density at radius 3 is 2.83 bits per heavy atom. The van der Waals surface area contributed by atoms with E-state index >= 15 is 0 Å². The van der Waals surface area contributed by atoms with Crippen LogP contribution in [0.25, 0.3) is 0 Å². The first-order valence-electron chi connectivity index (χ1n) is 8.32. The predicted molar refractivity (Wildman–Crippen MR) is 90.0 cm³/mol. The van der Waals surface area contributed by atoms with Crippen LogP contribution in [0.1, 0.15) is 33.1 Å². The van der Waals surface area contributed by atoms with Gasteiger partial charge in [-0.2, -0.15) is 0 Å². The lowest BCUT2D eigenvalue weighted by Gasteiger charge is -2.36. The highest BCUT2D eigenvalue weighted by molar-refractivity contribution is 5.95. The van der Waals surface area contributed by atoms with Crippen molar-refractivity contribution in [3.05, 3.63) is 70.5 Å². The minimum absolute atomic E-state index is 0.0143. The molecule has 1 fully saturated rings. The second-order valence-corrected chi connectivity index (χ2v) is 6.36. The Kier molecular flexibility index (Phi) is 4.04. The summed E-state index contributed by atoms with van der Waals surface area (Å²) in [5.74, 6) is -0.255. The maximum Gasteiger partial charge on any atom is 0.254 e. The first kappa shape index (κ1) is 15.3. The molecule has 1 atom stereocenters. The van der Waals surface area contributed by atoms with Gasteiger partial charge in [-0.25, -0.2) is 4.39 Å². The Balaban J connectivity index is 1.64. The monoisotopic (exact) mass is 325 g/mol. The number of hydrogen-bond donors (Lipinski definition) is 2. The standard InChI is InChI=1S/C19H20FN3O/c20-17-3-1-2-13(9-17)18-12-21-6-7-23(18)19(24)14-4-5-15-10-22-11-16(15)8-14/h1-5,8-9,18,21-22H,6-7,10-12H2. The van der Waals surface area contributed by atoms with Crippen molar-refractivity contribution in [1.82, 2.24) is 15.5 Å². The van der Waals surface area contributed by atoms with Gasteiger partial charge in [0.05, 0.1) is 6.04 Å². The lowest BCUT2D eigenvalue weighted by molar-refractivity contribution is 0.0634. The van der Waals surface area contributed by atoms with Crippen molar-refractivity contribution in [1.29, 1.82) is 0 Å². The van der Waals surface area contributed by atoms with Crippen LogP contribution >= 0.6 is 0 Å². The predicted octanol–water partition coefficient (Wildman–Crippen LogP) is 2.22. The van der Waals surface area contributed by atoms with E-state index in [-0.39, 0.29) is 17.8 Å². The van der Waals surface area contributed by atoms with Gasteiger partial charge in [0, 0.05) is 38.3 Å². The molecule has 4 rings (SSSR count). The van der Waals surface area contributed by atoms with Gasteiger partial charge in [-0.05, 0) is 41.0 Å². The molecule has 2 aliphatic rings. The summed E-state index contributed by atoms with van der Waals surface area (Å²) in [6.45, 7) is 3.69. The number of piperazine rings is 1. The van der Waals surface area contributed by atoms with Crippen LogP contribution in [0.15, 0.2) is 42.5 Å². The summed E-state index contributed by atoms with van der Waals surface area (Å²) in [5, 5.41) is 6.60. The Labute approximate surface area is 140 Å². The van der Waals surface area contributed by atoms with Crippen LogP contribution in [0.4, 0.5) is 4.39 Å². The third-order valence-electron chi connectivity index (χ3n) is 4.82. The highest BCUT2D eigenvalue weighted by atomic mass is 19.1. The lowest BCUT2D eigenvalue weighted by atomic mass is 10.0. The number of halogens is 1. The number of benzene rings is 2. The zero-order valence-electron chi connectivity index (χ0n) is 13.4. The number of hydrogen-bond acceptors (Lipinski definition) is 3. The fraction of sp³-hybridized carbons (Fsp3) is 0.316. The molecular weight excluding hydrogens is 305 g/mol. The van der Waals surface area contributed by atoms with Crippen LogP contribution in [-0.4, -0.2) is 30.4 Å². The van der Waals surface area contributed by atoms with Crippen LogP contribution in [-0.2, 0) is 13.1 Å². The fourth-order valence-electron chi connectivity index (χ4n) is 3.55. The highest BCUT2D eigenvalue weighted by Crippen LogP contribution is 2.26. The van der Waals surface area contributed by atoms with Crippen molar-refractivity contribution in [2.45, 2.75) is 19.1 Å². The Morgan fingerprint density at radius 1 is 1.08 bits per heavy atom. The highest BCUT2D eigenvalue weighted by Gasteiger charge is 2.29. The Bertz CT molecular complexity index is 777. The number of fused-ring (bicyclic) bond motifs is 1. The van der Waals surface area contributed by atoms with E-state index in [9.17, 15) is 9.18 Å². The van der Waals surface area contributed by atoms with E-state index in [1.165, 1.54) is 23.3 Å². The van der Waals surface area contributed by atoms with E-state index in [1.807, 2.05) is 29.2 Å². The molecule has 0 saturated carbocycles. The molecule has 24 heavy (non-hydrogen) atoms. The average molecular weight is 325 g/mol. The van der Waals surface area contributed by atoms with Gasteiger partial charge in [-0.15, -0.1) is 0 Å². The zero-order chi connectivity index (χ0) is 16.5. The number of carbonyl (C=O) groups excluding carboxylic acids is 1. The second-order valence-electron chi connectivity index (χ2n) is 6.36. The average Bonchev–Trinajstić information content (AvgIpc) is 3.09. The molecule has 2 aromatic carbocycles. The molecule has 5 heteroatoms. The van der Waals surface area contributed by atoms with Crippen LogP contribution < -0.4 is 10.6 Å². The molecule has 0 bridgehead atoms. The fourth-order valence-corrected chi connectivity index (χ4v) is 3.55. The van der Waals surface area contributed by atoms with Gasteiger partial charge in [0.25, 0.3) is 5.91 Å². The summed E-state index contributed by atoms with van der Waals surface area (Å²) in [6.07, 6.45) is 0. The van der Waals surface area contributed by atoms with E-state index in [0.717, 1.165) is 25.2 Å². The number of carbonyl (C=O) groups is 1. The van der Waals surface area contributed by atoms with E-state index in [1.54, 1.807) is 6.07 Å². The third-order valence-corrected chi connectivity index (χ3v) is 4.82. The van der Waals surface area contributed by atoms with Crippen molar-refractivity contribution < 1.29 is 9.18 Å². The number of rotatable bonds is 2. The SMILES string of the molecule is O=C(c1ccc2c(c1)CNC2)N1CCNCC1c1cccc(F)c1. The topological polar surface area (TPSA) is 44.4 Å². The van der Waals surface area contributed by atoms with Gasteiger partial charge in [0.15, 0.2) is 0 Å². The van der Waals surface area contributed by atoms with Crippen molar-refractivity contribution >= 4 is 5.91 Å². The minimum Gasteiger partial charge on any atom is -0.329 e. The molecule has 2 heterocycles. The van der Waals surface area contributed by atoms with Crippen molar-refractivity contribution in [2.24, 2.45) is 0 Å². The smallest absolute Gasteiger partial charge is 0.254 e. The number of nitrogens with zero attached hydrogens (tertiary/aromatic N) is 1. The van der Waals surface area contributed by atoms with Gasteiger partial charge in [0.2, 0.25) is 0 Å². The molecule has 2 aromatic rings. The molecule has 4 nitrogen and oxygen atoms in total. The van der Waals surface area contributed by atoms with E-state index < -0.39 is 0 Å². The quantitative estimate of drug-likeness (QED) is 0.890. The van der Waals surface area contributed by atoms with E-state index in [0.29, 0.717) is 18.7 Å². The maximum atomic E-state index is 13.6. The van der Waals surface area contributed by atoms with Gasteiger partial charge in [-0.1, -0.05) is 18.2 Å². The summed E-state index contributed by atoms with van der Waals surface area (Å²) >= 11 is 0. The number of amides is 1. The van der Waals surface area contributed by atoms with Gasteiger partial charge in [-0.3, -0.25) is 4.79 Å². The first-order chi connectivity index (χ1) is 11.7. The lowest BCUT2D eigenvalue weighted by Crippen LogP contribution is -2.48. The molecule has 0 aliphatic carbocycles. The van der Waals surface area contributed by atoms with Crippen LogP contribution in [0.2, 0.25) is 0 Å². The molecule has 124 valence electrons. The summed E-state index contributed by atoms with van der Waals surface area (Å²) in [4.78, 5) is 14.9. The minimum atomic E-state index is -0.269. The Morgan fingerprint density at radius 2 is 1.96 bits per heavy atom. The molecule has 1 amide bonds. The first-order valence-corrected chi connectivity index (χ1v) is 8.32. The molecule has 0 spiro atoms. The van der Waals surface area contributed by atoms with Gasteiger partial charge >= 0.3 is 0 Å². The van der Waals surface area contributed by atoms with Gasteiger partial charge < -0.3 is 15.5 Å². The van der Waals surface area contributed by atoms with E-state index in [4.69, 9.17) is 0 Å². The molecule has 0 aromatic heterocycles. The molecule has 1 saturated heterocycles. The van der Waals surface area contributed by atoms with Crippen LogP contribution in [0.5, 0.6) is 0 Å². The molecule has 2 aliphatic heterocycles. The summed E-state index contributed by atoms with van der Waals surface area (Å²) in [7, 11) is 0. The maximum absolute atomic E-state index is 13.6. The largest absolute Gasteiger partial charge is 0.329 e. The van der Waals surface area contributed by atoms with Crippen molar-refractivity contribution in [2.75, 3.05) is 19.6 Å². The third kappa shape index (κ3) is 2.81. The summed E-state index contributed by atoms with van der Waals surface area (Å²) < 4.78 is 13.6.